The molecule has 0 saturated carbocycles. The summed E-state index contributed by atoms with van der Waals surface area (Å²) in [6.07, 6.45) is 10.3. The molecule has 0 spiro atoms. The van der Waals surface area contributed by atoms with Crippen LogP contribution in [-0.2, 0) is 62.3 Å². The summed E-state index contributed by atoms with van der Waals surface area (Å²) in [6, 6.07) is -7.74. The zero-order valence-corrected chi connectivity index (χ0v) is 47.4. The highest BCUT2D eigenvalue weighted by atomic mass is 16.4. The van der Waals surface area contributed by atoms with Gasteiger partial charge in [0.2, 0.25) is 70.9 Å². The zero-order valence-electron chi connectivity index (χ0n) is 47.4. The molecule has 10 aliphatic heterocycles. The van der Waals surface area contributed by atoms with Gasteiger partial charge in [-0.25, -0.2) is 4.79 Å². The Labute approximate surface area is 482 Å². The maximum Gasteiger partial charge on any atom is 0.326 e. The number of rotatable bonds is 16. The van der Waals surface area contributed by atoms with Gasteiger partial charge in [0.1, 0.15) is 54.4 Å². The van der Waals surface area contributed by atoms with E-state index in [1.165, 1.54) is 29.4 Å². The molecule has 0 radical (unpaired) electrons. The number of nitrogens with zero attached hydrogens (tertiary/aromatic N) is 9. The fourth-order valence-electron chi connectivity index (χ4n) is 14.9. The first kappa shape index (κ1) is 59.2. The van der Waals surface area contributed by atoms with Crippen LogP contribution in [0.2, 0.25) is 0 Å². The predicted octanol–water partition coefficient (Wildman–Crippen LogP) is -2.91. The van der Waals surface area contributed by atoms with Gasteiger partial charge in [-0.2, -0.15) is 0 Å². The number of hydrogen-bond donors (Lipinski definition) is 5. The molecule has 0 aromatic carbocycles. The first-order valence-electron chi connectivity index (χ1n) is 30.5. The van der Waals surface area contributed by atoms with Crippen molar-refractivity contribution in [1.29, 1.82) is 0 Å². The minimum Gasteiger partial charge on any atom is -0.480 e. The Hall–Kier alpha value is -6.93. The Morgan fingerprint density at radius 2 is 0.590 bits per heavy atom. The van der Waals surface area contributed by atoms with E-state index in [0.717, 1.165) is 19.4 Å². The summed E-state index contributed by atoms with van der Waals surface area (Å²) in [4.78, 5) is 191. The lowest BCUT2D eigenvalue weighted by Crippen LogP contribution is -2.58. The van der Waals surface area contributed by atoms with Crippen molar-refractivity contribution >= 4 is 76.9 Å². The van der Waals surface area contributed by atoms with Crippen LogP contribution in [0, 0.1) is 0 Å². The maximum absolute atomic E-state index is 14.3. The Morgan fingerprint density at radius 3 is 0.940 bits per heavy atom. The molecule has 0 aliphatic carbocycles. The summed E-state index contributed by atoms with van der Waals surface area (Å²) in [5.41, 5.74) is 0. The molecular formula is C56H81N13O14. The smallest absolute Gasteiger partial charge is 0.326 e. The Kier molecular flexibility index (Phi) is 18.5. The van der Waals surface area contributed by atoms with Gasteiger partial charge in [-0.3, -0.25) is 57.5 Å². The quantitative estimate of drug-likeness (QED) is 0.104. The highest BCUT2D eigenvalue weighted by molar-refractivity contribution is 6.00. The molecule has 0 aromatic heterocycles. The van der Waals surface area contributed by atoms with Crippen molar-refractivity contribution in [1.82, 2.24) is 65.4 Å². The lowest BCUT2D eigenvalue weighted by atomic mass is 10.1. The minimum absolute atomic E-state index is 0.0744. The van der Waals surface area contributed by atoms with E-state index in [1.54, 1.807) is 14.7 Å². The second-order valence-corrected chi connectivity index (χ2v) is 24.0. The van der Waals surface area contributed by atoms with Crippen LogP contribution in [0.5, 0.6) is 0 Å². The Bertz CT molecular complexity index is 2600. The second-order valence-electron chi connectivity index (χ2n) is 24.0. The average Bonchev–Trinajstić information content (AvgIpc) is 4.54. The third kappa shape index (κ3) is 12.2. The molecule has 10 rings (SSSR count). The number of carboxylic acids is 1. The number of hydrogen-bond acceptors (Lipinski definition) is 14. The highest BCUT2D eigenvalue weighted by Crippen LogP contribution is 2.34. The van der Waals surface area contributed by atoms with Gasteiger partial charge < -0.3 is 70.5 Å². The first-order chi connectivity index (χ1) is 40.0. The maximum atomic E-state index is 14.3. The number of carboxylic acid groups (broad SMARTS) is 1. The van der Waals surface area contributed by atoms with E-state index in [-0.39, 0.29) is 67.0 Å². The molecule has 0 bridgehead atoms. The molecule has 10 atom stereocenters. The zero-order chi connectivity index (χ0) is 58.6. The normalized spacial score (nSPS) is 29.8. The van der Waals surface area contributed by atoms with Crippen LogP contribution in [0.1, 0.15) is 128 Å². The van der Waals surface area contributed by atoms with E-state index in [0.29, 0.717) is 155 Å². The van der Waals surface area contributed by atoms with Crippen molar-refractivity contribution in [3.8, 4) is 0 Å². The number of nitrogens with one attached hydrogen (secondary N) is 4. The molecule has 10 heterocycles. The lowest BCUT2D eigenvalue weighted by molar-refractivity contribution is -0.155. The molecule has 0 aromatic rings. The Morgan fingerprint density at radius 1 is 0.313 bits per heavy atom. The summed E-state index contributed by atoms with van der Waals surface area (Å²) in [6.45, 7) is 2.13. The summed E-state index contributed by atoms with van der Waals surface area (Å²) < 4.78 is 0. The van der Waals surface area contributed by atoms with Gasteiger partial charge in [-0.05, 0) is 135 Å². The third-order valence-corrected chi connectivity index (χ3v) is 19.1. The van der Waals surface area contributed by atoms with Gasteiger partial charge in [0.25, 0.3) is 0 Å². The molecule has 27 heteroatoms. The second kappa shape index (κ2) is 25.9. The van der Waals surface area contributed by atoms with E-state index in [4.69, 9.17) is 0 Å². The number of likely N-dealkylation sites (tertiary alicyclic amines) is 9. The van der Waals surface area contributed by atoms with Crippen LogP contribution in [-0.4, -0.2) is 272 Å². The van der Waals surface area contributed by atoms with Gasteiger partial charge in [0, 0.05) is 58.9 Å². The number of amides is 12. The van der Waals surface area contributed by atoms with Gasteiger partial charge in [-0.1, -0.05) is 0 Å². The molecule has 0 unspecified atom stereocenters. The molecule has 10 fully saturated rings. The Balaban J connectivity index is 0.654. The molecule has 27 nitrogen and oxygen atoms in total. The summed E-state index contributed by atoms with van der Waals surface area (Å²) in [7, 11) is 0. The predicted molar refractivity (Wildman–Crippen MR) is 290 cm³/mol. The number of carbonyl (C=O) groups is 13. The fraction of sp³-hybridized carbons (Fsp3) is 0.768. The van der Waals surface area contributed by atoms with E-state index >= 15 is 0 Å². The van der Waals surface area contributed by atoms with Gasteiger partial charge in [0.05, 0.1) is 25.7 Å². The molecule has 10 aliphatic rings. The molecule has 10 saturated heterocycles. The largest absolute Gasteiger partial charge is 0.480 e. The molecule has 5 N–H and O–H groups in total. The first-order valence-corrected chi connectivity index (χ1v) is 30.5. The third-order valence-electron chi connectivity index (χ3n) is 19.1. The van der Waals surface area contributed by atoms with E-state index in [1.807, 2.05) is 0 Å². The van der Waals surface area contributed by atoms with Crippen molar-refractivity contribution in [3.63, 3.8) is 0 Å². The van der Waals surface area contributed by atoms with Crippen LogP contribution in [0.3, 0.4) is 0 Å². The average molecular weight is 1160 g/mol. The topological polar surface area (TPSA) is 319 Å². The standard InChI is InChI=1S/C56H81N13O14/c70-44(59-33-46(72)61-22-3-13-36(61)49(75)64-25-6-16-39(64)52(78)67-28-8-18-41(67)54(80)68-29-9-19-42(68)55(81)69-30-10-20-43(69)56(82)83)31-58-45(71)32-60-47(73)35-12-2-23-62(35)50(76)38-15-5-26-65(38)53(79)40-17-7-27-66(40)51(77)37-14-4-24-63(37)48(74)34-11-1-21-57-34/h34-43,57H,1-33H2,(H,58,71)(H,59,70)(H,60,73)(H,82,83)/t34-,35-,36-,37-,38-,39-,40-,41-,42-,43-/m0/s1. The van der Waals surface area contributed by atoms with E-state index in [2.05, 4.69) is 21.3 Å². The number of carbonyl (C=O) groups excluding carboxylic acids is 12. The van der Waals surface area contributed by atoms with Crippen molar-refractivity contribution < 1.29 is 67.4 Å². The van der Waals surface area contributed by atoms with E-state index in [9.17, 15) is 67.4 Å². The van der Waals surface area contributed by atoms with Gasteiger partial charge in [0.15, 0.2) is 0 Å². The van der Waals surface area contributed by atoms with Gasteiger partial charge >= 0.3 is 5.97 Å². The lowest BCUT2D eigenvalue weighted by Gasteiger charge is -2.36. The minimum atomic E-state index is -1.08. The number of aliphatic carboxylic acids is 1. The van der Waals surface area contributed by atoms with Crippen LogP contribution >= 0.6 is 0 Å². The summed E-state index contributed by atoms with van der Waals surface area (Å²) in [5.74, 6) is -6.10. The molecular weight excluding hydrogens is 1080 g/mol. The monoisotopic (exact) mass is 1160 g/mol. The molecule has 12 amide bonds. The van der Waals surface area contributed by atoms with Crippen molar-refractivity contribution in [2.24, 2.45) is 0 Å². The van der Waals surface area contributed by atoms with Gasteiger partial charge in [-0.15, -0.1) is 0 Å². The molecule has 83 heavy (non-hydrogen) atoms. The summed E-state index contributed by atoms with van der Waals surface area (Å²) >= 11 is 0. The van der Waals surface area contributed by atoms with Crippen molar-refractivity contribution in [2.75, 3.05) is 85.1 Å². The highest BCUT2D eigenvalue weighted by Gasteiger charge is 2.51. The van der Waals surface area contributed by atoms with Crippen molar-refractivity contribution in [2.45, 2.75) is 189 Å². The molecule has 454 valence electrons. The van der Waals surface area contributed by atoms with Crippen molar-refractivity contribution in [3.05, 3.63) is 0 Å². The van der Waals surface area contributed by atoms with Crippen LogP contribution in [0.4, 0.5) is 0 Å². The SMILES string of the molecule is O=C(CNC(=O)CNC(=O)[C@@H]1CCCN1C(=O)[C@@H]1CCCN1C(=O)[C@@H]1CCCN1C(=O)[C@@H]1CCCN1C(=O)[C@@H]1CCCN1)NCC(=O)N1CCC[C@H]1C(=O)N1CCC[C@H]1C(=O)N1CCC[C@H]1C(=O)N1CCC[C@H]1C(=O)N1CCC[C@H]1C(=O)O. The van der Waals surface area contributed by atoms with Crippen LogP contribution in [0.25, 0.3) is 0 Å². The fourth-order valence-corrected chi connectivity index (χ4v) is 14.9. The van der Waals surface area contributed by atoms with E-state index < -0.39 is 110 Å². The van der Waals surface area contributed by atoms with Crippen LogP contribution < -0.4 is 21.3 Å². The summed E-state index contributed by atoms with van der Waals surface area (Å²) in [5, 5.41) is 20.4. The van der Waals surface area contributed by atoms with Crippen LogP contribution in [0.15, 0.2) is 0 Å².